The van der Waals surface area contributed by atoms with Crippen LogP contribution in [-0.4, -0.2) is 4.57 Å². The number of rotatable bonds is 10. The van der Waals surface area contributed by atoms with Crippen LogP contribution in [-0.2, 0) is 0 Å². The van der Waals surface area contributed by atoms with Crippen molar-refractivity contribution in [2.24, 2.45) is 0 Å². The van der Waals surface area contributed by atoms with Gasteiger partial charge in [0.15, 0.2) is 0 Å². The number of para-hydroxylation sites is 2. The molecule has 0 aliphatic heterocycles. The summed E-state index contributed by atoms with van der Waals surface area (Å²) in [7, 11) is 0. The fourth-order valence-electron chi connectivity index (χ4n) is 11.2. The van der Waals surface area contributed by atoms with Crippen LogP contribution >= 0.6 is 0 Å². The van der Waals surface area contributed by atoms with E-state index in [1.54, 1.807) is 0 Å². The summed E-state index contributed by atoms with van der Waals surface area (Å²) in [6, 6.07) is 105. The lowest BCUT2D eigenvalue weighted by atomic mass is 9.95. The molecule has 3 heteroatoms. The Morgan fingerprint density at radius 2 is 0.680 bits per heavy atom. The topological polar surface area (TPSA) is 21.3 Å². The molecule has 12 aromatic carbocycles. The van der Waals surface area contributed by atoms with Crippen LogP contribution in [0.3, 0.4) is 0 Å². The summed E-state index contributed by atoms with van der Waals surface area (Å²) in [5, 5.41) is 4.66. The van der Waals surface area contributed by atoms with Crippen molar-refractivity contribution in [3.63, 3.8) is 0 Å². The molecule has 2 heterocycles. The van der Waals surface area contributed by atoms with Crippen molar-refractivity contribution >= 4 is 60.8 Å². The third-order valence-corrected chi connectivity index (χ3v) is 14.8. The molecule has 0 saturated heterocycles. The van der Waals surface area contributed by atoms with Gasteiger partial charge in [0.2, 0.25) is 0 Å². The van der Waals surface area contributed by atoms with Crippen molar-refractivity contribution in [2.45, 2.75) is 0 Å². The molecule has 0 atom stereocenters. The van der Waals surface area contributed by atoms with E-state index in [2.05, 4.69) is 295 Å². The van der Waals surface area contributed by atoms with E-state index in [1.807, 2.05) is 6.07 Å². The summed E-state index contributed by atoms with van der Waals surface area (Å²) in [6.07, 6.45) is 0. The Labute approximate surface area is 436 Å². The first-order valence-electron chi connectivity index (χ1n) is 25.6. The molecule has 0 aliphatic rings. The van der Waals surface area contributed by atoms with Gasteiger partial charge in [-0.3, -0.25) is 0 Å². The fourth-order valence-corrected chi connectivity index (χ4v) is 11.2. The van der Waals surface area contributed by atoms with Gasteiger partial charge >= 0.3 is 0 Å². The SMILES string of the molecule is c1ccc(-c2ccc(-c3ccc(N(c4ccc(-c5ccc(-c6ccccc6)cc5)cc4)c4cccc(-c5cccc(-c6cccc7c6c6ccccc6n7-c6cccc7oc8ccccc8c67)c5)c4)cc3)cc2)cc1. The van der Waals surface area contributed by atoms with Crippen LogP contribution < -0.4 is 4.90 Å². The molecule has 2 aromatic heterocycles. The third-order valence-electron chi connectivity index (χ3n) is 14.8. The number of nitrogens with zero attached hydrogens (tertiary/aromatic N) is 2. The predicted molar refractivity (Wildman–Crippen MR) is 315 cm³/mol. The molecule has 3 nitrogen and oxygen atoms in total. The largest absolute Gasteiger partial charge is 0.456 e. The number of benzene rings is 12. The standard InChI is InChI=1S/C72H48N2O/c1-3-15-49(16-4-1)51-31-35-53(36-32-51)55-39-43-60(44-40-55)73(61-45-41-56(42-46-61)54-37-33-52(34-38-54)50-17-5-2-6-18-50)62-22-12-20-58(48-62)57-19-11-21-59(47-57)63-25-13-27-67-71(63)64-23-7-9-26-66(64)74(67)68-28-14-30-70-72(68)65-24-8-10-29-69(65)75-70/h1-48H. The summed E-state index contributed by atoms with van der Waals surface area (Å²) in [4.78, 5) is 2.37. The molecule has 0 bridgehead atoms. The van der Waals surface area contributed by atoms with Gasteiger partial charge in [-0.05, 0) is 140 Å². The van der Waals surface area contributed by atoms with Crippen LogP contribution in [0, 0.1) is 0 Å². The minimum absolute atomic E-state index is 0.883. The van der Waals surface area contributed by atoms with Crippen molar-refractivity contribution in [1.29, 1.82) is 0 Å². The summed E-state index contributed by atoms with van der Waals surface area (Å²) in [5.41, 5.74) is 22.6. The molecule has 0 saturated carbocycles. The highest BCUT2D eigenvalue weighted by Gasteiger charge is 2.21. The minimum atomic E-state index is 0.883. The van der Waals surface area contributed by atoms with Crippen LogP contribution in [0.4, 0.5) is 17.1 Å². The molecule has 0 unspecified atom stereocenters. The Hall–Kier alpha value is -9.96. The smallest absolute Gasteiger partial charge is 0.137 e. The Bertz CT molecular complexity index is 4230. The lowest BCUT2D eigenvalue weighted by Crippen LogP contribution is -2.10. The van der Waals surface area contributed by atoms with Gasteiger partial charge in [0.1, 0.15) is 11.2 Å². The van der Waals surface area contributed by atoms with Gasteiger partial charge in [-0.15, -0.1) is 0 Å². The van der Waals surface area contributed by atoms with E-state index in [4.69, 9.17) is 4.42 Å². The zero-order valence-electron chi connectivity index (χ0n) is 41.0. The Kier molecular flexibility index (Phi) is 10.8. The van der Waals surface area contributed by atoms with E-state index >= 15 is 0 Å². The van der Waals surface area contributed by atoms with Crippen molar-refractivity contribution in [3.8, 4) is 72.4 Å². The molecule has 0 fully saturated rings. The second-order valence-corrected chi connectivity index (χ2v) is 19.2. The molecular weight excluding hydrogens is 909 g/mol. The monoisotopic (exact) mass is 956 g/mol. The summed E-state index contributed by atoms with van der Waals surface area (Å²) in [6.45, 7) is 0. The maximum Gasteiger partial charge on any atom is 0.137 e. The van der Waals surface area contributed by atoms with Gasteiger partial charge in [0.05, 0.1) is 22.1 Å². The lowest BCUT2D eigenvalue weighted by Gasteiger charge is -2.26. The van der Waals surface area contributed by atoms with Crippen molar-refractivity contribution in [1.82, 2.24) is 4.57 Å². The van der Waals surface area contributed by atoms with Crippen molar-refractivity contribution in [3.05, 3.63) is 291 Å². The molecular formula is C72H48N2O. The number of furan rings is 1. The van der Waals surface area contributed by atoms with E-state index in [9.17, 15) is 0 Å². The van der Waals surface area contributed by atoms with Crippen LogP contribution in [0.2, 0.25) is 0 Å². The Morgan fingerprint density at radius 1 is 0.253 bits per heavy atom. The highest BCUT2D eigenvalue weighted by atomic mass is 16.3. The molecule has 14 rings (SSSR count). The maximum absolute atomic E-state index is 6.39. The molecule has 0 spiro atoms. The summed E-state index contributed by atoms with van der Waals surface area (Å²) in [5.74, 6) is 0. The zero-order valence-corrected chi connectivity index (χ0v) is 41.0. The van der Waals surface area contributed by atoms with Crippen LogP contribution in [0.15, 0.2) is 296 Å². The van der Waals surface area contributed by atoms with Crippen molar-refractivity contribution in [2.75, 3.05) is 4.90 Å². The number of aromatic nitrogens is 1. The number of hydrogen-bond donors (Lipinski definition) is 0. The third kappa shape index (κ3) is 7.95. The molecule has 75 heavy (non-hydrogen) atoms. The van der Waals surface area contributed by atoms with Crippen molar-refractivity contribution < 1.29 is 4.42 Å². The highest BCUT2D eigenvalue weighted by molar-refractivity contribution is 6.18. The minimum Gasteiger partial charge on any atom is -0.456 e. The maximum atomic E-state index is 6.39. The van der Waals surface area contributed by atoms with E-state index < -0.39 is 0 Å². The van der Waals surface area contributed by atoms with E-state index in [1.165, 1.54) is 60.8 Å². The molecule has 0 aliphatic carbocycles. The van der Waals surface area contributed by atoms with Gasteiger partial charge in [0, 0.05) is 33.2 Å². The zero-order chi connectivity index (χ0) is 49.7. The van der Waals surface area contributed by atoms with Gasteiger partial charge in [0.25, 0.3) is 0 Å². The summed E-state index contributed by atoms with van der Waals surface area (Å²) < 4.78 is 8.81. The molecule has 0 amide bonds. The average Bonchev–Trinajstić information content (AvgIpc) is 4.09. The molecule has 0 N–H and O–H groups in total. The second kappa shape index (κ2) is 18.6. The number of hydrogen-bond acceptors (Lipinski definition) is 2. The average molecular weight is 957 g/mol. The first-order valence-corrected chi connectivity index (χ1v) is 25.6. The van der Waals surface area contributed by atoms with Crippen LogP contribution in [0.25, 0.3) is 116 Å². The van der Waals surface area contributed by atoms with E-state index in [0.29, 0.717) is 0 Å². The van der Waals surface area contributed by atoms with Gasteiger partial charge in [-0.25, -0.2) is 0 Å². The Morgan fingerprint density at radius 3 is 1.29 bits per heavy atom. The second-order valence-electron chi connectivity index (χ2n) is 19.2. The molecule has 14 aromatic rings. The quantitative estimate of drug-likeness (QED) is 0.136. The molecule has 352 valence electrons. The summed E-state index contributed by atoms with van der Waals surface area (Å²) >= 11 is 0. The van der Waals surface area contributed by atoms with Gasteiger partial charge in [-0.2, -0.15) is 0 Å². The fraction of sp³-hybridized carbons (Fsp3) is 0. The first-order chi connectivity index (χ1) is 37.2. The normalized spacial score (nSPS) is 11.5. The number of fused-ring (bicyclic) bond motifs is 6. The van der Waals surface area contributed by atoms with E-state index in [-0.39, 0.29) is 0 Å². The predicted octanol–water partition coefficient (Wildman–Crippen LogP) is 20.2. The highest BCUT2D eigenvalue weighted by Crippen LogP contribution is 2.44. The van der Waals surface area contributed by atoms with Gasteiger partial charge < -0.3 is 13.9 Å². The van der Waals surface area contributed by atoms with E-state index in [0.717, 1.165) is 72.4 Å². The Balaban J connectivity index is 0.841. The van der Waals surface area contributed by atoms with Crippen LogP contribution in [0.1, 0.15) is 0 Å². The lowest BCUT2D eigenvalue weighted by molar-refractivity contribution is 0.669. The molecule has 0 radical (unpaired) electrons. The van der Waals surface area contributed by atoms with Gasteiger partial charge in [-0.1, -0.05) is 218 Å². The van der Waals surface area contributed by atoms with Crippen LogP contribution in [0.5, 0.6) is 0 Å². The number of anilines is 3. The first kappa shape index (κ1) is 43.8.